The zero-order valence-electron chi connectivity index (χ0n) is 20.6. The van der Waals surface area contributed by atoms with Crippen molar-refractivity contribution in [3.63, 3.8) is 0 Å². The van der Waals surface area contributed by atoms with Crippen LogP contribution in [0.3, 0.4) is 0 Å². The van der Waals surface area contributed by atoms with Crippen molar-refractivity contribution in [3.8, 4) is 16.9 Å². The van der Waals surface area contributed by atoms with Crippen LogP contribution in [-0.4, -0.2) is 44.6 Å². The number of amides is 1. The third kappa shape index (κ3) is 4.78. The van der Waals surface area contributed by atoms with Gasteiger partial charge in [-0.2, -0.15) is 5.10 Å². The normalized spacial score (nSPS) is 21.1. The summed E-state index contributed by atoms with van der Waals surface area (Å²) in [5.74, 6) is -0.317. The molecule has 0 radical (unpaired) electrons. The van der Waals surface area contributed by atoms with Gasteiger partial charge in [-0.15, -0.1) is 0 Å². The number of fused-ring (bicyclic) bond motifs is 1. The first kappa shape index (κ1) is 24.9. The molecule has 3 heterocycles. The van der Waals surface area contributed by atoms with Gasteiger partial charge in [0.25, 0.3) is 0 Å². The first-order chi connectivity index (χ1) is 18.4. The van der Waals surface area contributed by atoms with E-state index in [4.69, 9.17) is 9.84 Å². The molecule has 1 unspecified atom stereocenters. The molecule has 0 bridgehead atoms. The van der Waals surface area contributed by atoms with Gasteiger partial charge in [0, 0.05) is 34.0 Å². The van der Waals surface area contributed by atoms with Gasteiger partial charge in [0.15, 0.2) is 0 Å². The Morgan fingerprint density at radius 1 is 1.13 bits per heavy atom. The molecule has 3 atom stereocenters. The van der Waals surface area contributed by atoms with Crippen molar-refractivity contribution in [3.05, 3.63) is 99.9 Å². The van der Waals surface area contributed by atoms with Crippen molar-refractivity contribution >= 4 is 27.5 Å². The van der Waals surface area contributed by atoms with Crippen LogP contribution in [0.15, 0.2) is 77.4 Å². The van der Waals surface area contributed by atoms with E-state index in [-0.39, 0.29) is 11.7 Å². The maximum Gasteiger partial charge on any atom is 0.228 e. The lowest BCUT2D eigenvalue weighted by molar-refractivity contribution is -0.115. The largest absolute Gasteiger partial charge is 0.376 e. The summed E-state index contributed by atoms with van der Waals surface area (Å²) < 4.78 is 22.8. The summed E-state index contributed by atoms with van der Waals surface area (Å²) in [6.07, 6.45) is 1.18. The fraction of sp³-hybridized carbons (Fsp3) is 0.241. The third-order valence-electron chi connectivity index (χ3n) is 7.08. The summed E-state index contributed by atoms with van der Waals surface area (Å²) in [4.78, 5) is 13.7. The van der Waals surface area contributed by atoms with Crippen LogP contribution in [0.2, 0.25) is 0 Å². The summed E-state index contributed by atoms with van der Waals surface area (Å²) in [5.41, 5.74) is 5.99. The van der Waals surface area contributed by atoms with Gasteiger partial charge in [-0.25, -0.2) is 14.0 Å². The lowest BCUT2D eigenvalue weighted by Gasteiger charge is -2.25. The fourth-order valence-corrected chi connectivity index (χ4v) is 5.35. The van der Waals surface area contributed by atoms with Crippen molar-refractivity contribution in [1.82, 2.24) is 14.7 Å². The van der Waals surface area contributed by atoms with E-state index in [1.807, 2.05) is 60.5 Å². The van der Waals surface area contributed by atoms with E-state index in [0.29, 0.717) is 25.1 Å². The number of hydrogen-bond donors (Lipinski definition) is 2. The van der Waals surface area contributed by atoms with Crippen molar-refractivity contribution < 1.29 is 19.0 Å². The molecule has 2 N–H and O–H groups in total. The highest BCUT2D eigenvalue weighted by molar-refractivity contribution is 9.10. The molecule has 1 aromatic heterocycles. The summed E-state index contributed by atoms with van der Waals surface area (Å²) in [6, 6.07) is 20.0. The monoisotopic (exact) mass is 576 g/mol. The first-order valence-electron chi connectivity index (χ1n) is 12.5. The number of ether oxygens (including phenoxy) is 1. The van der Waals surface area contributed by atoms with Crippen molar-refractivity contribution in [2.75, 3.05) is 11.9 Å². The van der Waals surface area contributed by atoms with Gasteiger partial charge in [-0.1, -0.05) is 28.1 Å². The van der Waals surface area contributed by atoms with Gasteiger partial charge >= 0.3 is 0 Å². The molecule has 2 aliphatic heterocycles. The SMILES string of the molecule is C[C@H]1O[C@H](c2cn(-c3ccc(Br)cc3)nc2-c2ccc(F)cc2)N(CCc2ccc3c(c2)CC(=O)N3)C1O. The van der Waals surface area contributed by atoms with E-state index < -0.39 is 18.6 Å². The zero-order valence-corrected chi connectivity index (χ0v) is 22.2. The number of carbonyl (C=O) groups is 1. The Balaban J connectivity index is 1.34. The van der Waals surface area contributed by atoms with Crippen molar-refractivity contribution in [2.24, 2.45) is 0 Å². The van der Waals surface area contributed by atoms with Crippen LogP contribution < -0.4 is 5.32 Å². The number of aliphatic hydroxyl groups excluding tert-OH is 1. The number of hydrogen-bond acceptors (Lipinski definition) is 5. The van der Waals surface area contributed by atoms with Crippen LogP contribution in [0.1, 0.15) is 29.8 Å². The summed E-state index contributed by atoms with van der Waals surface area (Å²) >= 11 is 3.47. The molecule has 1 amide bonds. The number of aromatic nitrogens is 2. The number of aliphatic hydroxyl groups is 1. The molecule has 9 heteroatoms. The third-order valence-corrected chi connectivity index (χ3v) is 7.60. The molecule has 1 fully saturated rings. The van der Waals surface area contributed by atoms with E-state index in [1.165, 1.54) is 12.1 Å². The minimum Gasteiger partial charge on any atom is -0.376 e. The molecule has 0 aliphatic carbocycles. The van der Waals surface area contributed by atoms with E-state index in [9.17, 15) is 14.3 Å². The molecule has 0 spiro atoms. The van der Waals surface area contributed by atoms with Gasteiger partial charge in [-0.3, -0.25) is 4.79 Å². The number of nitrogens with zero attached hydrogens (tertiary/aromatic N) is 3. The van der Waals surface area contributed by atoms with Crippen LogP contribution in [0.5, 0.6) is 0 Å². The second kappa shape index (κ2) is 10.1. The molecular weight excluding hydrogens is 551 g/mol. The van der Waals surface area contributed by atoms with Gasteiger partial charge in [0.1, 0.15) is 18.3 Å². The number of benzene rings is 3. The number of anilines is 1. The Hall–Kier alpha value is -3.37. The lowest BCUT2D eigenvalue weighted by Crippen LogP contribution is -2.36. The smallest absolute Gasteiger partial charge is 0.228 e. The highest BCUT2D eigenvalue weighted by Crippen LogP contribution is 2.39. The number of nitrogens with one attached hydrogen (secondary N) is 1. The van der Waals surface area contributed by atoms with Crippen molar-refractivity contribution in [1.29, 1.82) is 0 Å². The molecule has 1 saturated heterocycles. The molecular formula is C29H26BrFN4O3. The highest BCUT2D eigenvalue weighted by Gasteiger charge is 2.41. The standard InChI is InChI=1S/C29H26BrFN4O3/c1-17-28(37)34(13-12-18-2-11-25-20(14-18)15-26(36)32-25)29(38-17)24-16-35(23-9-5-21(30)6-10-23)33-27(24)19-3-7-22(31)8-4-19/h2-11,14,16-17,28-29,37H,12-13,15H2,1H3,(H,32,36)/t17-,28?,29-/m1/s1. The van der Waals surface area contributed by atoms with Gasteiger partial charge in [-0.05, 0) is 79.1 Å². The first-order valence-corrected chi connectivity index (χ1v) is 13.3. The maximum atomic E-state index is 13.7. The van der Waals surface area contributed by atoms with E-state index in [1.54, 1.807) is 16.8 Å². The molecule has 2 aliphatic rings. The van der Waals surface area contributed by atoms with Crippen LogP contribution in [0.25, 0.3) is 16.9 Å². The predicted octanol–water partition coefficient (Wildman–Crippen LogP) is 5.22. The van der Waals surface area contributed by atoms with Crippen LogP contribution in [0, 0.1) is 5.82 Å². The van der Waals surface area contributed by atoms with Crippen LogP contribution in [-0.2, 0) is 22.4 Å². The highest BCUT2D eigenvalue weighted by atomic mass is 79.9. The molecule has 4 aromatic rings. The minimum absolute atomic E-state index is 0.00510. The van der Waals surface area contributed by atoms with E-state index >= 15 is 0 Å². The molecule has 6 rings (SSSR count). The Morgan fingerprint density at radius 3 is 2.66 bits per heavy atom. The Labute approximate surface area is 228 Å². The second-order valence-electron chi connectivity index (χ2n) is 9.67. The number of halogens is 2. The van der Waals surface area contributed by atoms with Gasteiger partial charge in [0.2, 0.25) is 5.91 Å². The quantitative estimate of drug-likeness (QED) is 0.329. The van der Waals surface area contributed by atoms with Gasteiger partial charge < -0.3 is 15.2 Å². The van der Waals surface area contributed by atoms with Crippen LogP contribution >= 0.6 is 15.9 Å². The average molecular weight is 577 g/mol. The minimum atomic E-state index is -0.810. The van der Waals surface area contributed by atoms with Crippen molar-refractivity contribution in [2.45, 2.75) is 38.3 Å². The topological polar surface area (TPSA) is 79.6 Å². The number of carbonyl (C=O) groups excluding carboxylic acids is 1. The zero-order chi connectivity index (χ0) is 26.4. The molecule has 3 aromatic carbocycles. The maximum absolute atomic E-state index is 13.7. The van der Waals surface area contributed by atoms with E-state index in [2.05, 4.69) is 21.2 Å². The van der Waals surface area contributed by atoms with Crippen LogP contribution in [0.4, 0.5) is 10.1 Å². The second-order valence-corrected chi connectivity index (χ2v) is 10.6. The van der Waals surface area contributed by atoms with Gasteiger partial charge in [0.05, 0.1) is 23.9 Å². The average Bonchev–Trinajstić information content (AvgIpc) is 3.58. The molecule has 0 saturated carbocycles. The summed E-state index contributed by atoms with van der Waals surface area (Å²) in [6.45, 7) is 2.38. The number of rotatable bonds is 6. The summed E-state index contributed by atoms with van der Waals surface area (Å²) in [7, 11) is 0. The Morgan fingerprint density at radius 2 is 1.89 bits per heavy atom. The Bertz CT molecular complexity index is 1490. The molecule has 194 valence electrons. The lowest BCUT2D eigenvalue weighted by atomic mass is 10.0. The summed E-state index contributed by atoms with van der Waals surface area (Å²) in [5, 5.41) is 18.8. The van der Waals surface area contributed by atoms with E-state index in [0.717, 1.165) is 38.1 Å². The fourth-order valence-electron chi connectivity index (χ4n) is 5.08. The molecule has 7 nitrogen and oxygen atoms in total. The Kier molecular flexibility index (Phi) is 6.61. The molecule has 38 heavy (non-hydrogen) atoms. The predicted molar refractivity (Wildman–Crippen MR) is 145 cm³/mol.